The van der Waals surface area contributed by atoms with Gasteiger partial charge in [-0.05, 0) is 42.5 Å². The molecule has 1 aliphatic rings. The van der Waals surface area contributed by atoms with Crippen LogP contribution in [0.2, 0.25) is 5.02 Å². The Labute approximate surface area is 184 Å². The SMILES string of the molecule is O=C(Nc1ccncc1Nc1ccc(Cl)cc1)c1ccc(C(=O)N2CCOCC2)nc1. The van der Waals surface area contributed by atoms with Gasteiger partial charge in [0.25, 0.3) is 11.8 Å². The third kappa shape index (κ3) is 5.17. The summed E-state index contributed by atoms with van der Waals surface area (Å²) in [6, 6.07) is 12.0. The van der Waals surface area contributed by atoms with E-state index in [0.29, 0.717) is 54.0 Å². The monoisotopic (exact) mass is 437 g/mol. The molecule has 2 aromatic heterocycles. The zero-order valence-corrected chi connectivity index (χ0v) is 17.3. The number of hydrogen-bond donors (Lipinski definition) is 2. The van der Waals surface area contributed by atoms with Crippen molar-refractivity contribution in [3.8, 4) is 0 Å². The average molecular weight is 438 g/mol. The molecule has 8 nitrogen and oxygen atoms in total. The van der Waals surface area contributed by atoms with Crippen molar-refractivity contribution >= 4 is 40.5 Å². The van der Waals surface area contributed by atoms with E-state index >= 15 is 0 Å². The van der Waals surface area contributed by atoms with Crippen LogP contribution in [0.25, 0.3) is 0 Å². The molecule has 2 amide bonds. The first-order chi connectivity index (χ1) is 15.1. The smallest absolute Gasteiger partial charge is 0.272 e. The lowest BCUT2D eigenvalue weighted by Gasteiger charge is -2.26. The molecular formula is C22H20ClN5O3. The highest BCUT2D eigenvalue weighted by Crippen LogP contribution is 2.25. The van der Waals surface area contributed by atoms with Crippen LogP contribution in [-0.4, -0.2) is 53.0 Å². The Morgan fingerprint density at radius 3 is 2.45 bits per heavy atom. The van der Waals surface area contributed by atoms with Gasteiger partial charge in [-0.1, -0.05) is 11.6 Å². The van der Waals surface area contributed by atoms with Crippen LogP contribution in [0.1, 0.15) is 20.8 Å². The van der Waals surface area contributed by atoms with Crippen LogP contribution in [0, 0.1) is 0 Å². The summed E-state index contributed by atoms with van der Waals surface area (Å²) in [4.78, 5) is 35.2. The lowest BCUT2D eigenvalue weighted by molar-refractivity contribution is 0.0299. The van der Waals surface area contributed by atoms with Gasteiger partial charge >= 0.3 is 0 Å². The van der Waals surface area contributed by atoms with E-state index in [-0.39, 0.29) is 11.8 Å². The number of ether oxygens (including phenoxy) is 1. The Morgan fingerprint density at radius 1 is 0.968 bits per heavy atom. The maximum absolute atomic E-state index is 12.7. The van der Waals surface area contributed by atoms with Crippen LogP contribution in [0.4, 0.5) is 17.1 Å². The number of morpholine rings is 1. The van der Waals surface area contributed by atoms with Crippen LogP contribution < -0.4 is 10.6 Å². The molecule has 0 bridgehead atoms. The highest BCUT2D eigenvalue weighted by Gasteiger charge is 2.20. The van der Waals surface area contributed by atoms with Crippen molar-refractivity contribution in [3.05, 3.63) is 77.3 Å². The number of amides is 2. The number of nitrogens with one attached hydrogen (secondary N) is 2. The molecule has 1 aliphatic heterocycles. The summed E-state index contributed by atoms with van der Waals surface area (Å²) < 4.78 is 5.26. The van der Waals surface area contributed by atoms with Gasteiger partial charge in [-0.3, -0.25) is 19.6 Å². The molecule has 4 rings (SSSR count). The van der Waals surface area contributed by atoms with Crippen LogP contribution >= 0.6 is 11.6 Å². The molecule has 0 saturated carbocycles. The molecule has 1 aromatic carbocycles. The molecule has 3 heterocycles. The van der Waals surface area contributed by atoms with Crippen molar-refractivity contribution in [2.24, 2.45) is 0 Å². The van der Waals surface area contributed by atoms with E-state index in [1.54, 1.807) is 47.6 Å². The average Bonchev–Trinajstić information content (AvgIpc) is 2.82. The molecular weight excluding hydrogens is 418 g/mol. The Kier molecular flexibility index (Phi) is 6.40. The summed E-state index contributed by atoms with van der Waals surface area (Å²) in [5.41, 5.74) is 2.63. The number of rotatable bonds is 5. The van der Waals surface area contributed by atoms with E-state index in [0.717, 1.165) is 5.69 Å². The van der Waals surface area contributed by atoms with Crippen LogP contribution in [0.3, 0.4) is 0 Å². The molecule has 3 aromatic rings. The number of carbonyl (C=O) groups excluding carboxylic acids is 2. The van der Waals surface area contributed by atoms with Crippen LogP contribution in [0.15, 0.2) is 61.1 Å². The number of anilines is 3. The van der Waals surface area contributed by atoms with Crippen molar-refractivity contribution in [2.45, 2.75) is 0 Å². The maximum atomic E-state index is 12.7. The number of pyridine rings is 2. The fourth-order valence-electron chi connectivity index (χ4n) is 3.07. The Bertz CT molecular complexity index is 1070. The minimum absolute atomic E-state index is 0.168. The van der Waals surface area contributed by atoms with Crippen molar-refractivity contribution in [3.63, 3.8) is 0 Å². The second-order valence-corrected chi connectivity index (χ2v) is 7.28. The Morgan fingerprint density at radius 2 is 1.74 bits per heavy atom. The minimum atomic E-state index is -0.344. The highest BCUT2D eigenvalue weighted by molar-refractivity contribution is 6.30. The number of carbonyl (C=O) groups is 2. The number of aromatic nitrogens is 2. The molecule has 0 unspecified atom stereocenters. The first-order valence-corrected chi connectivity index (χ1v) is 10.1. The van der Waals surface area contributed by atoms with Gasteiger partial charge < -0.3 is 20.3 Å². The van der Waals surface area contributed by atoms with Crippen molar-refractivity contribution in [1.29, 1.82) is 0 Å². The van der Waals surface area contributed by atoms with Crippen LogP contribution in [0.5, 0.6) is 0 Å². The molecule has 158 valence electrons. The van der Waals surface area contributed by atoms with E-state index in [1.165, 1.54) is 6.20 Å². The zero-order valence-electron chi connectivity index (χ0n) is 16.5. The summed E-state index contributed by atoms with van der Waals surface area (Å²) in [5.74, 6) is -0.512. The molecule has 0 atom stereocenters. The number of nitrogens with zero attached hydrogens (tertiary/aromatic N) is 3. The first kappa shape index (κ1) is 20.8. The predicted molar refractivity (Wildman–Crippen MR) is 118 cm³/mol. The molecule has 1 fully saturated rings. The lowest BCUT2D eigenvalue weighted by atomic mass is 10.2. The van der Waals surface area contributed by atoms with Crippen molar-refractivity contribution in [1.82, 2.24) is 14.9 Å². The third-order valence-electron chi connectivity index (χ3n) is 4.74. The standard InChI is InChI=1S/C22H20ClN5O3/c23-16-2-4-17(5-3-16)26-20-14-24-8-7-18(20)27-21(29)15-1-6-19(25-13-15)22(30)28-9-11-31-12-10-28/h1-8,13-14,26H,9-12H2,(H,24,27,29). The fourth-order valence-corrected chi connectivity index (χ4v) is 3.20. The Hall–Kier alpha value is -3.49. The molecule has 0 spiro atoms. The lowest BCUT2D eigenvalue weighted by Crippen LogP contribution is -2.41. The van der Waals surface area contributed by atoms with Gasteiger partial charge in [0.05, 0.1) is 36.3 Å². The first-order valence-electron chi connectivity index (χ1n) is 9.71. The summed E-state index contributed by atoms with van der Waals surface area (Å²) in [7, 11) is 0. The van der Waals surface area contributed by atoms with E-state index in [2.05, 4.69) is 20.6 Å². The minimum Gasteiger partial charge on any atom is -0.378 e. The largest absolute Gasteiger partial charge is 0.378 e. The third-order valence-corrected chi connectivity index (χ3v) is 4.99. The quantitative estimate of drug-likeness (QED) is 0.633. The summed E-state index contributed by atoms with van der Waals surface area (Å²) >= 11 is 5.92. The van der Waals surface area contributed by atoms with Gasteiger partial charge in [0.1, 0.15) is 5.69 Å². The van der Waals surface area contributed by atoms with Crippen LogP contribution in [-0.2, 0) is 4.74 Å². The number of halogens is 1. The summed E-state index contributed by atoms with van der Waals surface area (Å²) in [5, 5.41) is 6.69. The number of benzene rings is 1. The topological polar surface area (TPSA) is 96.5 Å². The molecule has 1 saturated heterocycles. The maximum Gasteiger partial charge on any atom is 0.272 e. The Balaban J connectivity index is 1.44. The van der Waals surface area contributed by atoms with E-state index < -0.39 is 0 Å². The van der Waals surface area contributed by atoms with Gasteiger partial charge in [0, 0.05) is 36.2 Å². The molecule has 0 radical (unpaired) electrons. The molecule has 31 heavy (non-hydrogen) atoms. The van der Waals surface area contributed by atoms with E-state index in [9.17, 15) is 9.59 Å². The molecule has 0 aliphatic carbocycles. The van der Waals surface area contributed by atoms with Crippen molar-refractivity contribution in [2.75, 3.05) is 36.9 Å². The predicted octanol–water partition coefficient (Wildman–Crippen LogP) is 3.60. The van der Waals surface area contributed by atoms with Gasteiger partial charge in [0.15, 0.2) is 0 Å². The van der Waals surface area contributed by atoms with Gasteiger partial charge in [-0.15, -0.1) is 0 Å². The van der Waals surface area contributed by atoms with Gasteiger partial charge in [-0.2, -0.15) is 0 Å². The second-order valence-electron chi connectivity index (χ2n) is 6.84. The van der Waals surface area contributed by atoms with Crippen molar-refractivity contribution < 1.29 is 14.3 Å². The zero-order chi connectivity index (χ0) is 21.6. The van der Waals surface area contributed by atoms with Gasteiger partial charge in [0.2, 0.25) is 0 Å². The van der Waals surface area contributed by atoms with E-state index in [4.69, 9.17) is 16.3 Å². The van der Waals surface area contributed by atoms with Gasteiger partial charge in [-0.25, -0.2) is 0 Å². The summed E-state index contributed by atoms with van der Waals surface area (Å²) in [6.07, 6.45) is 4.61. The second kappa shape index (κ2) is 9.55. The fraction of sp³-hybridized carbons (Fsp3) is 0.182. The molecule has 2 N–H and O–H groups in total. The highest BCUT2D eigenvalue weighted by atomic mass is 35.5. The normalized spacial score (nSPS) is 13.5. The number of hydrogen-bond acceptors (Lipinski definition) is 6. The summed E-state index contributed by atoms with van der Waals surface area (Å²) in [6.45, 7) is 2.11. The van der Waals surface area contributed by atoms with E-state index in [1.807, 2.05) is 12.1 Å². The molecule has 9 heteroatoms.